The lowest BCUT2D eigenvalue weighted by Crippen LogP contribution is -2.48. The highest BCUT2D eigenvalue weighted by Crippen LogP contribution is 2.37. The summed E-state index contributed by atoms with van der Waals surface area (Å²) in [6.07, 6.45) is 1.09. The Balaban J connectivity index is 1.73. The van der Waals surface area contributed by atoms with Gasteiger partial charge in [-0.15, -0.1) is 0 Å². The quantitative estimate of drug-likeness (QED) is 0.276. The van der Waals surface area contributed by atoms with Gasteiger partial charge in [0.05, 0.1) is 0 Å². The van der Waals surface area contributed by atoms with E-state index in [2.05, 4.69) is 35.8 Å². The molecule has 0 spiro atoms. The van der Waals surface area contributed by atoms with Gasteiger partial charge in [-0.2, -0.15) is 21.6 Å². The minimum atomic E-state index is -5.53. The zero-order valence-electron chi connectivity index (χ0n) is 23.2. The number of rotatable bonds is 10. The van der Waals surface area contributed by atoms with Crippen molar-refractivity contribution in [1.29, 1.82) is 0 Å². The van der Waals surface area contributed by atoms with E-state index in [4.69, 9.17) is 0 Å². The number of hydrogen-bond acceptors (Lipinski definition) is 5. The molecule has 220 valence electrons. The molecule has 0 radical (unpaired) electrons. The van der Waals surface area contributed by atoms with Gasteiger partial charge in [-0.05, 0) is 78.8 Å². The molecular formula is C31H36F3N3O3S. The third-order valence-electron chi connectivity index (χ3n) is 7.31. The van der Waals surface area contributed by atoms with E-state index in [0.717, 1.165) is 59.7 Å². The van der Waals surface area contributed by atoms with E-state index < -0.39 is 15.5 Å². The van der Waals surface area contributed by atoms with Crippen LogP contribution in [0.2, 0.25) is 0 Å². The maximum atomic E-state index is 12.9. The number of aliphatic hydroxyl groups is 1. The Hall–Kier alpha value is -3.34. The largest absolute Gasteiger partial charge is 0.516 e. The second kappa shape index (κ2) is 13.1. The Kier molecular flexibility index (Phi) is 9.78. The molecular weight excluding hydrogens is 551 g/mol. The van der Waals surface area contributed by atoms with Crippen molar-refractivity contribution in [3.8, 4) is 0 Å². The van der Waals surface area contributed by atoms with Gasteiger partial charge in [0.1, 0.15) is 0 Å². The Labute approximate surface area is 240 Å². The van der Waals surface area contributed by atoms with Gasteiger partial charge in [0.2, 0.25) is 0 Å². The lowest BCUT2D eigenvalue weighted by Gasteiger charge is -2.38. The Morgan fingerprint density at radius 2 is 1.41 bits per heavy atom. The summed E-state index contributed by atoms with van der Waals surface area (Å²) < 4.78 is 63.5. The summed E-state index contributed by atoms with van der Waals surface area (Å²) in [5.41, 5.74) is -0.0441. The number of nitrogens with zero attached hydrogens (tertiary/aromatic N) is 2. The highest BCUT2D eigenvalue weighted by molar-refractivity contribution is 7.93. The van der Waals surface area contributed by atoms with Gasteiger partial charge >= 0.3 is 15.5 Å². The lowest BCUT2D eigenvalue weighted by atomic mass is 9.87. The normalized spacial score (nSPS) is 15.6. The van der Waals surface area contributed by atoms with Crippen molar-refractivity contribution in [2.45, 2.75) is 38.2 Å². The standard InChI is InChI=1S/C31H36F3N3O3S/c1-23(2)36-18-20-37(21-19-36)28-16-12-26(13-17-28)30(29(9-6-22-38)24-7-4-3-5-8-24)25-10-14-27(15-11-25)35-41(39,40)31(32,33)34/h3-5,7-8,10-17,23,35,38H,6,9,18-22H2,1-2H3/b30-29-. The third-order valence-corrected chi connectivity index (χ3v) is 8.42. The zero-order valence-corrected chi connectivity index (χ0v) is 24.0. The molecule has 0 saturated carbocycles. The number of piperazine rings is 1. The molecule has 0 aromatic heterocycles. The average molecular weight is 588 g/mol. The van der Waals surface area contributed by atoms with E-state index in [0.29, 0.717) is 18.9 Å². The molecule has 1 fully saturated rings. The van der Waals surface area contributed by atoms with Crippen LogP contribution in [0.15, 0.2) is 78.9 Å². The number of alkyl halides is 3. The van der Waals surface area contributed by atoms with Gasteiger partial charge in [-0.3, -0.25) is 9.62 Å². The van der Waals surface area contributed by atoms with Crippen LogP contribution in [0.1, 0.15) is 43.4 Å². The first kappa shape index (κ1) is 30.6. The summed E-state index contributed by atoms with van der Waals surface area (Å²) >= 11 is 0. The summed E-state index contributed by atoms with van der Waals surface area (Å²) in [5, 5.41) is 9.64. The number of halogens is 3. The summed E-state index contributed by atoms with van der Waals surface area (Å²) in [5.74, 6) is 0. The lowest BCUT2D eigenvalue weighted by molar-refractivity contribution is -0.0429. The van der Waals surface area contributed by atoms with Gasteiger partial charge in [0.25, 0.3) is 0 Å². The molecule has 10 heteroatoms. The fourth-order valence-corrected chi connectivity index (χ4v) is 5.64. The number of anilines is 2. The number of benzene rings is 3. The fraction of sp³-hybridized carbons (Fsp3) is 0.355. The van der Waals surface area contributed by atoms with Gasteiger partial charge in [0.15, 0.2) is 0 Å². The Morgan fingerprint density at radius 3 is 1.93 bits per heavy atom. The van der Waals surface area contributed by atoms with Crippen molar-refractivity contribution in [3.63, 3.8) is 0 Å². The molecule has 4 rings (SSSR count). The van der Waals surface area contributed by atoms with Crippen LogP contribution in [-0.4, -0.2) is 62.8 Å². The van der Waals surface area contributed by atoms with Crippen LogP contribution < -0.4 is 9.62 Å². The van der Waals surface area contributed by atoms with Crippen LogP contribution in [0.4, 0.5) is 24.5 Å². The van der Waals surface area contributed by atoms with Crippen molar-refractivity contribution in [3.05, 3.63) is 95.6 Å². The van der Waals surface area contributed by atoms with E-state index >= 15 is 0 Å². The molecule has 2 N–H and O–H groups in total. The number of allylic oxidation sites excluding steroid dienone is 1. The van der Waals surface area contributed by atoms with E-state index in [-0.39, 0.29) is 12.3 Å². The molecule has 0 bridgehead atoms. The minimum absolute atomic E-state index is 0.00304. The molecule has 1 heterocycles. The van der Waals surface area contributed by atoms with Crippen molar-refractivity contribution in [1.82, 2.24) is 4.90 Å². The summed E-state index contributed by atoms with van der Waals surface area (Å²) in [6.45, 7) is 8.27. The smallest absolute Gasteiger partial charge is 0.396 e. The van der Waals surface area contributed by atoms with Gasteiger partial charge in [-0.1, -0.05) is 54.6 Å². The molecule has 1 aliphatic heterocycles. The summed E-state index contributed by atoms with van der Waals surface area (Å²) in [4.78, 5) is 4.81. The highest BCUT2D eigenvalue weighted by atomic mass is 32.2. The maximum Gasteiger partial charge on any atom is 0.516 e. The maximum absolute atomic E-state index is 12.9. The second-order valence-corrected chi connectivity index (χ2v) is 12.0. The molecule has 3 aromatic carbocycles. The fourth-order valence-electron chi connectivity index (χ4n) is 5.08. The average Bonchev–Trinajstić information content (AvgIpc) is 2.96. The van der Waals surface area contributed by atoms with Gasteiger partial charge < -0.3 is 10.0 Å². The predicted molar refractivity (Wildman–Crippen MR) is 159 cm³/mol. The number of hydrogen-bond donors (Lipinski definition) is 2. The van der Waals surface area contributed by atoms with Crippen LogP contribution in [0.5, 0.6) is 0 Å². The van der Waals surface area contributed by atoms with E-state index in [9.17, 15) is 26.7 Å². The van der Waals surface area contributed by atoms with Crippen molar-refractivity contribution < 1.29 is 26.7 Å². The molecule has 0 unspecified atom stereocenters. The molecule has 0 amide bonds. The van der Waals surface area contributed by atoms with Crippen LogP contribution in [0.3, 0.4) is 0 Å². The van der Waals surface area contributed by atoms with Crippen LogP contribution >= 0.6 is 0 Å². The first-order valence-electron chi connectivity index (χ1n) is 13.7. The summed E-state index contributed by atoms with van der Waals surface area (Å²) in [6, 6.07) is 24.4. The molecule has 41 heavy (non-hydrogen) atoms. The first-order valence-corrected chi connectivity index (χ1v) is 15.2. The van der Waals surface area contributed by atoms with E-state index in [1.54, 1.807) is 16.9 Å². The predicted octanol–water partition coefficient (Wildman–Crippen LogP) is 6.21. The minimum Gasteiger partial charge on any atom is -0.396 e. The Bertz CT molecular complexity index is 1420. The van der Waals surface area contributed by atoms with E-state index in [1.807, 2.05) is 42.5 Å². The molecule has 3 aromatic rings. The van der Waals surface area contributed by atoms with Crippen LogP contribution in [-0.2, 0) is 10.0 Å². The molecule has 6 nitrogen and oxygen atoms in total. The second-order valence-electron chi connectivity index (χ2n) is 10.3. The highest BCUT2D eigenvalue weighted by Gasteiger charge is 2.46. The van der Waals surface area contributed by atoms with Crippen LogP contribution in [0.25, 0.3) is 11.1 Å². The van der Waals surface area contributed by atoms with Crippen molar-refractivity contribution in [2.24, 2.45) is 0 Å². The summed E-state index contributed by atoms with van der Waals surface area (Å²) in [7, 11) is -5.53. The molecule has 1 saturated heterocycles. The Morgan fingerprint density at radius 1 is 0.854 bits per heavy atom. The molecule has 1 aliphatic rings. The number of nitrogens with one attached hydrogen (secondary N) is 1. The SMILES string of the molecule is CC(C)N1CCN(c2ccc(/C(=C(/CCCO)c3ccccc3)c3ccc(NS(=O)(=O)C(F)(F)F)cc3)cc2)CC1. The number of sulfonamides is 1. The van der Waals surface area contributed by atoms with Crippen molar-refractivity contribution in [2.75, 3.05) is 42.4 Å². The molecule has 0 atom stereocenters. The third kappa shape index (κ3) is 7.49. The van der Waals surface area contributed by atoms with Gasteiger partial charge in [0, 0.05) is 50.2 Å². The number of aliphatic hydroxyl groups excluding tert-OH is 1. The topological polar surface area (TPSA) is 72.9 Å². The van der Waals surface area contributed by atoms with Crippen LogP contribution in [0, 0.1) is 0 Å². The van der Waals surface area contributed by atoms with Crippen molar-refractivity contribution >= 4 is 32.5 Å². The monoisotopic (exact) mass is 587 g/mol. The van der Waals surface area contributed by atoms with E-state index in [1.165, 1.54) is 12.1 Å². The zero-order chi connectivity index (χ0) is 29.6. The van der Waals surface area contributed by atoms with Gasteiger partial charge in [-0.25, -0.2) is 0 Å². The molecule has 0 aliphatic carbocycles. The first-order chi connectivity index (χ1) is 19.5.